The van der Waals surface area contributed by atoms with Crippen LogP contribution in [0, 0.1) is 13.8 Å². The topological polar surface area (TPSA) is 85.6 Å². The van der Waals surface area contributed by atoms with E-state index in [0.717, 1.165) is 45.2 Å². The van der Waals surface area contributed by atoms with Crippen LogP contribution in [-0.4, -0.2) is 36.4 Å². The lowest BCUT2D eigenvalue weighted by atomic mass is 10.1. The van der Waals surface area contributed by atoms with Gasteiger partial charge in [-0.2, -0.15) is 0 Å². The Bertz CT molecular complexity index is 1230. The van der Waals surface area contributed by atoms with E-state index in [9.17, 15) is 4.79 Å². The molecule has 5 rings (SSSR count). The van der Waals surface area contributed by atoms with E-state index in [-0.39, 0.29) is 11.7 Å². The molecule has 0 aliphatic heterocycles. The molecule has 0 spiro atoms. The minimum atomic E-state index is -0.0933. The maximum atomic E-state index is 12.6. The summed E-state index contributed by atoms with van der Waals surface area (Å²) < 4.78 is 3.24. The van der Waals surface area contributed by atoms with Crippen molar-refractivity contribution in [3.8, 4) is 11.4 Å². The Balaban J connectivity index is 1.30. The predicted molar refractivity (Wildman–Crippen MR) is 120 cm³/mol. The first kappa shape index (κ1) is 19.2. The summed E-state index contributed by atoms with van der Waals surface area (Å²) in [6.45, 7) is 4.11. The molecule has 152 valence electrons. The van der Waals surface area contributed by atoms with Crippen molar-refractivity contribution < 1.29 is 4.79 Å². The number of amides is 1. The molecule has 3 heterocycles. The molecular formula is C21H20N6OS2. The van der Waals surface area contributed by atoms with Gasteiger partial charge >= 0.3 is 0 Å². The van der Waals surface area contributed by atoms with Gasteiger partial charge < -0.3 is 5.32 Å². The van der Waals surface area contributed by atoms with Gasteiger partial charge in [0.05, 0.1) is 16.0 Å². The maximum Gasteiger partial charge on any atom is 0.236 e. The summed E-state index contributed by atoms with van der Waals surface area (Å²) >= 11 is 2.91. The van der Waals surface area contributed by atoms with Gasteiger partial charge in [0.25, 0.3) is 0 Å². The van der Waals surface area contributed by atoms with E-state index in [1.807, 2.05) is 19.1 Å². The normalized spacial score (nSPS) is 13.7. The number of carbonyl (C=O) groups is 1. The van der Waals surface area contributed by atoms with Crippen molar-refractivity contribution in [1.29, 1.82) is 0 Å². The molecule has 1 aliphatic rings. The molecule has 0 radical (unpaired) electrons. The summed E-state index contributed by atoms with van der Waals surface area (Å²) in [7, 11) is 0. The first-order valence-corrected chi connectivity index (χ1v) is 11.5. The molecule has 3 aromatic heterocycles. The molecule has 0 unspecified atom stereocenters. The summed E-state index contributed by atoms with van der Waals surface area (Å²) in [6, 6.07) is 8.48. The van der Waals surface area contributed by atoms with E-state index in [0.29, 0.717) is 11.2 Å². The molecule has 1 N–H and O–H groups in total. The first-order valence-electron chi connectivity index (χ1n) is 9.74. The van der Waals surface area contributed by atoms with Gasteiger partial charge in [-0.15, -0.1) is 10.2 Å². The van der Waals surface area contributed by atoms with E-state index >= 15 is 0 Å². The van der Waals surface area contributed by atoms with E-state index < -0.39 is 0 Å². The number of aryl methyl sites for hydroxylation is 2. The van der Waals surface area contributed by atoms with Crippen LogP contribution in [0.1, 0.15) is 30.0 Å². The van der Waals surface area contributed by atoms with Crippen LogP contribution in [0.2, 0.25) is 0 Å². The zero-order chi connectivity index (χ0) is 20.7. The molecular weight excluding hydrogens is 416 g/mol. The van der Waals surface area contributed by atoms with Crippen molar-refractivity contribution in [1.82, 2.24) is 24.7 Å². The molecule has 30 heavy (non-hydrogen) atoms. The molecule has 1 fully saturated rings. The SMILES string of the molecule is Cc1cc(C)c2nc(NC(=O)CSc3nnc(-c4ccncc4)n3C3CC3)sc2c1. The molecule has 1 aromatic carbocycles. The summed E-state index contributed by atoms with van der Waals surface area (Å²) in [5.74, 6) is 0.999. The highest BCUT2D eigenvalue weighted by atomic mass is 32.2. The summed E-state index contributed by atoms with van der Waals surface area (Å²) in [5.41, 5.74) is 4.25. The average molecular weight is 437 g/mol. The second-order valence-electron chi connectivity index (χ2n) is 7.43. The van der Waals surface area contributed by atoms with Crippen LogP contribution in [0.15, 0.2) is 41.8 Å². The van der Waals surface area contributed by atoms with Gasteiger partial charge in [-0.3, -0.25) is 14.3 Å². The Kier molecular flexibility index (Phi) is 5.00. The second kappa shape index (κ2) is 7.81. The monoisotopic (exact) mass is 436 g/mol. The molecule has 1 saturated carbocycles. The Hall–Kier alpha value is -2.78. The number of rotatable bonds is 6. The third-order valence-corrected chi connectivity index (χ3v) is 6.78. The van der Waals surface area contributed by atoms with Gasteiger partial charge in [0, 0.05) is 24.0 Å². The highest BCUT2D eigenvalue weighted by Gasteiger charge is 2.30. The number of aromatic nitrogens is 5. The highest BCUT2D eigenvalue weighted by molar-refractivity contribution is 7.99. The van der Waals surface area contributed by atoms with Gasteiger partial charge in [-0.25, -0.2) is 4.98 Å². The van der Waals surface area contributed by atoms with Gasteiger partial charge in [-0.05, 0) is 56.0 Å². The minimum Gasteiger partial charge on any atom is -0.301 e. The molecule has 1 amide bonds. The standard InChI is InChI=1S/C21H20N6OS2/c1-12-9-13(2)18-16(10-12)30-20(24-18)23-17(28)11-29-21-26-25-19(27(21)15-3-4-15)14-5-7-22-8-6-14/h5-10,15H,3-4,11H2,1-2H3,(H,23,24,28). The van der Waals surface area contributed by atoms with Crippen molar-refractivity contribution in [3.05, 3.63) is 47.8 Å². The van der Waals surface area contributed by atoms with E-state index in [4.69, 9.17) is 0 Å². The first-order chi connectivity index (χ1) is 14.6. The van der Waals surface area contributed by atoms with Gasteiger partial charge in [0.2, 0.25) is 5.91 Å². The van der Waals surface area contributed by atoms with Crippen LogP contribution in [0.25, 0.3) is 21.6 Å². The van der Waals surface area contributed by atoms with Crippen LogP contribution in [0.5, 0.6) is 0 Å². The zero-order valence-corrected chi connectivity index (χ0v) is 18.3. The van der Waals surface area contributed by atoms with Crippen LogP contribution in [-0.2, 0) is 4.79 Å². The quantitative estimate of drug-likeness (QED) is 0.444. The smallest absolute Gasteiger partial charge is 0.236 e. The molecule has 4 aromatic rings. The minimum absolute atomic E-state index is 0.0933. The lowest BCUT2D eigenvalue weighted by Gasteiger charge is -2.08. The zero-order valence-electron chi connectivity index (χ0n) is 16.6. The fourth-order valence-electron chi connectivity index (χ4n) is 3.44. The summed E-state index contributed by atoms with van der Waals surface area (Å²) in [4.78, 5) is 21.2. The number of thioether (sulfide) groups is 1. The Morgan fingerprint density at radius 3 is 2.80 bits per heavy atom. The van der Waals surface area contributed by atoms with E-state index in [1.54, 1.807) is 12.4 Å². The number of thiazole rings is 1. The fraction of sp³-hybridized carbons (Fsp3) is 0.286. The molecule has 7 nitrogen and oxygen atoms in total. The maximum absolute atomic E-state index is 12.6. The number of nitrogens with one attached hydrogen (secondary N) is 1. The number of hydrogen-bond donors (Lipinski definition) is 1. The number of hydrogen-bond acceptors (Lipinski definition) is 7. The van der Waals surface area contributed by atoms with Gasteiger partial charge in [-0.1, -0.05) is 29.2 Å². The number of pyridine rings is 1. The van der Waals surface area contributed by atoms with Crippen LogP contribution in [0.3, 0.4) is 0 Å². The number of nitrogens with zero attached hydrogens (tertiary/aromatic N) is 5. The van der Waals surface area contributed by atoms with Crippen molar-refractivity contribution in [3.63, 3.8) is 0 Å². The summed E-state index contributed by atoms with van der Waals surface area (Å²) in [5, 5.41) is 13.1. The molecule has 9 heteroatoms. The van der Waals surface area contributed by atoms with Crippen molar-refractivity contribution in [2.24, 2.45) is 0 Å². The van der Waals surface area contributed by atoms with Crippen molar-refractivity contribution in [2.75, 3.05) is 11.1 Å². The van der Waals surface area contributed by atoms with E-state index in [2.05, 4.69) is 49.1 Å². The molecule has 0 bridgehead atoms. The number of carbonyl (C=O) groups excluding carboxylic acids is 1. The van der Waals surface area contributed by atoms with Crippen LogP contribution in [0.4, 0.5) is 5.13 Å². The lowest BCUT2D eigenvalue weighted by Crippen LogP contribution is -2.14. The molecule has 1 aliphatic carbocycles. The van der Waals surface area contributed by atoms with Crippen molar-refractivity contribution in [2.45, 2.75) is 37.9 Å². The molecule has 0 saturated heterocycles. The Morgan fingerprint density at radius 2 is 2.03 bits per heavy atom. The number of benzene rings is 1. The van der Waals surface area contributed by atoms with Crippen LogP contribution >= 0.6 is 23.1 Å². The number of anilines is 1. The van der Waals surface area contributed by atoms with Crippen molar-refractivity contribution >= 4 is 44.4 Å². The Labute approximate surface area is 182 Å². The van der Waals surface area contributed by atoms with Crippen LogP contribution < -0.4 is 5.32 Å². The Morgan fingerprint density at radius 1 is 1.23 bits per heavy atom. The highest BCUT2D eigenvalue weighted by Crippen LogP contribution is 2.41. The second-order valence-corrected chi connectivity index (χ2v) is 9.40. The lowest BCUT2D eigenvalue weighted by molar-refractivity contribution is -0.113. The van der Waals surface area contributed by atoms with Gasteiger partial charge in [0.15, 0.2) is 16.1 Å². The summed E-state index contributed by atoms with van der Waals surface area (Å²) in [6.07, 6.45) is 5.73. The predicted octanol–water partition coefficient (Wildman–Crippen LogP) is 4.63. The third kappa shape index (κ3) is 3.82. The fourth-order valence-corrected chi connectivity index (χ4v) is 5.31. The molecule has 0 atom stereocenters. The average Bonchev–Trinajstić information content (AvgIpc) is 3.35. The number of fused-ring (bicyclic) bond motifs is 1. The largest absolute Gasteiger partial charge is 0.301 e. The van der Waals surface area contributed by atoms with Gasteiger partial charge in [0.1, 0.15) is 0 Å². The van der Waals surface area contributed by atoms with E-state index in [1.165, 1.54) is 28.7 Å². The third-order valence-electron chi connectivity index (χ3n) is 4.92.